The van der Waals surface area contributed by atoms with Crippen molar-refractivity contribution in [2.24, 2.45) is 13.0 Å². The molecule has 4 aromatic heterocycles. The minimum atomic E-state index is -0.301. The van der Waals surface area contributed by atoms with E-state index >= 15 is 0 Å². The smallest absolute Gasteiger partial charge is 0.0999 e. The van der Waals surface area contributed by atoms with Crippen molar-refractivity contribution >= 4 is 5.52 Å². The van der Waals surface area contributed by atoms with Crippen LogP contribution in [0.1, 0.15) is 32.1 Å². The summed E-state index contributed by atoms with van der Waals surface area (Å²) in [6, 6.07) is 6.47. The van der Waals surface area contributed by atoms with Gasteiger partial charge in [0.2, 0.25) is 0 Å². The number of rotatable bonds is 6. The summed E-state index contributed by atoms with van der Waals surface area (Å²) in [6.07, 6.45) is 14.7. The minimum Gasteiger partial charge on any atom is -0.275 e. The molecule has 1 saturated carbocycles. The van der Waals surface area contributed by atoms with Gasteiger partial charge >= 0.3 is 0 Å². The number of hydrogen-bond acceptors (Lipinski definition) is 6. The number of aromatic nitrogens is 7. The van der Waals surface area contributed by atoms with Gasteiger partial charge in [0.05, 0.1) is 65.8 Å². The van der Waals surface area contributed by atoms with Gasteiger partial charge in [0.15, 0.2) is 0 Å². The predicted octanol–water partition coefficient (Wildman–Crippen LogP) is 3.32. The first kappa shape index (κ1) is 19.0. The van der Waals surface area contributed by atoms with Crippen molar-refractivity contribution in [3.05, 3.63) is 43.2 Å². The van der Waals surface area contributed by atoms with Crippen LogP contribution in [0, 0.1) is 28.6 Å². The SMILES string of the molecule is Cn1cc(-c2cn3nccc3c(-c3cnn(C4(CC#N)CC(CCC#N)C4)c3)n2)cn1. The maximum Gasteiger partial charge on any atom is 0.0999 e. The first-order valence-corrected chi connectivity index (χ1v) is 10.2. The molecular weight excluding hydrogens is 390 g/mol. The first-order valence-electron chi connectivity index (χ1n) is 10.2. The highest BCUT2D eigenvalue weighted by Gasteiger charge is 2.46. The second-order valence-corrected chi connectivity index (χ2v) is 8.24. The van der Waals surface area contributed by atoms with Crippen LogP contribution in [0.2, 0.25) is 0 Å². The Kier molecular flexibility index (Phi) is 4.52. The molecule has 0 radical (unpaired) electrons. The molecule has 1 aliphatic rings. The fourth-order valence-corrected chi connectivity index (χ4v) is 4.58. The molecule has 154 valence electrons. The van der Waals surface area contributed by atoms with E-state index in [1.807, 2.05) is 47.1 Å². The molecule has 5 rings (SSSR count). The summed E-state index contributed by atoms with van der Waals surface area (Å²) in [7, 11) is 1.87. The normalized spacial score (nSPS) is 20.3. The molecule has 0 aliphatic heterocycles. The fraction of sp³-hybridized carbons (Fsp3) is 0.364. The lowest BCUT2D eigenvalue weighted by atomic mass is 9.65. The summed E-state index contributed by atoms with van der Waals surface area (Å²) in [5.74, 6) is 0.467. The van der Waals surface area contributed by atoms with Crippen LogP contribution in [0.25, 0.3) is 28.0 Å². The molecule has 0 atom stereocenters. The molecular formula is C22H21N9. The lowest BCUT2D eigenvalue weighted by Crippen LogP contribution is -2.46. The highest BCUT2D eigenvalue weighted by Crippen LogP contribution is 2.48. The van der Waals surface area contributed by atoms with E-state index in [9.17, 15) is 5.26 Å². The molecule has 9 nitrogen and oxygen atoms in total. The van der Waals surface area contributed by atoms with Crippen LogP contribution in [0.3, 0.4) is 0 Å². The van der Waals surface area contributed by atoms with E-state index in [1.54, 1.807) is 17.1 Å². The van der Waals surface area contributed by atoms with Crippen molar-refractivity contribution < 1.29 is 0 Å². The second-order valence-electron chi connectivity index (χ2n) is 8.24. The summed E-state index contributed by atoms with van der Waals surface area (Å²) < 4.78 is 5.49. The van der Waals surface area contributed by atoms with Crippen LogP contribution >= 0.6 is 0 Å². The number of hydrogen-bond donors (Lipinski definition) is 0. The van der Waals surface area contributed by atoms with E-state index in [0.717, 1.165) is 47.3 Å². The van der Waals surface area contributed by atoms with Gasteiger partial charge in [-0.05, 0) is 31.2 Å². The average molecular weight is 411 g/mol. The van der Waals surface area contributed by atoms with E-state index in [1.165, 1.54) is 0 Å². The van der Waals surface area contributed by atoms with Gasteiger partial charge in [-0.2, -0.15) is 25.8 Å². The Morgan fingerprint density at radius 2 is 1.90 bits per heavy atom. The highest BCUT2D eigenvalue weighted by molar-refractivity contribution is 5.78. The average Bonchev–Trinajstić information content (AvgIpc) is 3.49. The number of aryl methyl sites for hydroxylation is 1. The van der Waals surface area contributed by atoms with Gasteiger partial charge in [-0.3, -0.25) is 9.36 Å². The van der Waals surface area contributed by atoms with Crippen molar-refractivity contribution in [3.63, 3.8) is 0 Å². The zero-order chi connectivity index (χ0) is 21.4. The molecule has 1 fully saturated rings. The molecule has 0 amide bonds. The molecule has 9 heteroatoms. The van der Waals surface area contributed by atoms with Crippen molar-refractivity contribution in [1.29, 1.82) is 10.5 Å². The Bertz CT molecular complexity index is 1320. The summed E-state index contributed by atoms with van der Waals surface area (Å²) in [4.78, 5) is 4.90. The number of nitriles is 2. The van der Waals surface area contributed by atoms with Gasteiger partial charge in [-0.1, -0.05) is 0 Å². The van der Waals surface area contributed by atoms with Crippen molar-refractivity contribution in [3.8, 4) is 34.7 Å². The third kappa shape index (κ3) is 3.24. The van der Waals surface area contributed by atoms with Gasteiger partial charge in [-0.25, -0.2) is 9.50 Å². The maximum absolute atomic E-state index is 9.42. The lowest BCUT2D eigenvalue weighted by Gasteiger charge is -2.46. The molecule has 4 aromatic rings. The Morgan fingerprint density at radius 3 is 2.65 bits per heavy atom. The molecule has 0 aromatic carbocycles. The zero-order valence-corrected chi connectivity index (χ0v) is 17.2. The predicted molar refractivity (Wildman–Crippen MR) is 112 cm³/mol. The third-order valence-electron chi connectivity index (χ3n) is 6.14. The van der Waals surface area contributed by atoms with Crippen LogP contribution in [-0.2, 0) is 12.6 Å². The monoisotopic (exact) mass is 411 g/mol. The summed E-state index contributed by atoms with van der Waals surface area (Å²) >= 11 is 0. The van der Waals surface area contributed by atoms with Crippen molar-refractivity contribution in [1.82, 2.24) is 34.2 Å². The van der Waals surface area contributed by atoms with Gasteiger partial charge < -0.3 is 0 Å². The molecule has 4 heterocycles. The largest absolute Gasteiger partial charge is 0.275 e. The number of fused-ring (bicyclic) bond motifs is 1. The first-order chi connectivity index (χ1) is 15.1. The third-order valence-corrected chi connectivity index (χ3v) is 6.14. The topological polar surface area (TPSA) is 113 Å². The zero-order valence-electron chi connectivity index (χ0n) is 17.2. The van der Waals surface area contributed by atoms with Gasteiger partial charge in [-0.15, -0.1) is 0 Å². The van der Waals surface area contributed by atoms with E-state index < -0.39 is 0 Å². The van der Waals surface area contributed by atoms with Gasteiger partial charge in [0.1, 0.15) is 0 Å². The number of nitrogens with zero attached hydrogens (tertiary/aromatic N) is 9. The molecule has 0 bridgehead atoms. The fourth-order valence-electron chi connectivity index (χ4n) is 4.58. The summed E-state index contributed by atoms with van der Waals surface area (Å²) in [6.45, 7) is 0. The van der Waals surface area contributed by atoms with Crippen LogP contribution in [0.15, 0.2) is 43.2 Å². The molecule has 0 unspecified atom stereocenters. The Hall–Kier alpha value is -3.98. The van der Waals surface area contributed by atoms with E-state index in [0.29, 0.717) is 18.8 Å². The second kappa shape index (κ2) is 7.37. The molecule has 0 spiro atoms. The van der Waals surface area contributed by atoms with Gasteiger partial charge in [0.25, 0.3) is 0 Å². The Labute approximate surface area is 179 Å². The summed E-state index contributed by atoms with van der Waals surface area (Å²) in [5, 5.41) is 31.5. The van der Waals surface area contributed by atoms with Crippen LogP contribution < -0.4 is 0 Å². The van der Waals surface area contributed by atoms with E-state index in [4.69, 9.17) is 10.2 Å². The quantitative estimate of drug-likeness (QED) is 0.481. The van der Waals surface area contributed by atoms with E-state index in [2.05, 4.69) is 27.4 Å². The van der Waals surface area contributed by atoms with Crippen LogP contribution in [0.5, 0.6) is 0 Å². The Balaban J connectivity index is 1.52. The molecule has 0 saturated heterocycles. The van der Waals surface area contributed by atoms with Crippen molar-refractivity contribution in [2.45, 2.75) is 37.6 Å². The van der Waals surface area contributed by atoms with Crippen LogP contribution in [-0.4, -0.2) is 34.2 Å². The summed E-state index contributed by atoms with van der Waals surface area (Å²) in [5.41, 5.74) is 3.95. The molecule has 1 aliphatic carbocycles. The van der Waals surface area contributed by atoms with Crippen LogP contribution in [0.4, 0.5) is 0 Å². The maximum atomic E-state index is 9.42. The standard InChI is InChI=1S/C22H21N9/c1-29-13-17(11-26-29)19-15-30-20(4-8-25-30)21(28-19)18-12-27-31(14-18)22(5-7-24)9-16(10-22)3-2-6-23/h4,8,11-16H,2-3,5,9-10H2,1H3. The Morgan fingerprint density at radius 1 is 1.06 bits per heavy atom. The van der Waals surface area contributed by atoms with Crippen molar-refractivity contribution in [2.75, 3.05) is 0 Å². The lowest BCUT2D eigenvalue weighted by molar-refractivity contribution is 0.0528. The molecule has 0 N–H and O–H groups in total. The highest BCUT2D eigenvalue weighted by atomic mass is 15.3. The minimum absolute atomic E-state index is 0.301. The van der Waals surface area contributed by atoms with E-state index in [-0.39, 0.29) is 5.54 Å². The van der Waals surface area contributed by atoms with Gasteiger partial charge in [0, 0.05) is 37.0 Å². The molecule has 31 heavy (non-hydrogen) atoms.